The molecule has 1 fully saturated rings. The SMILES string of the molecule is CN=C(NCC1Cc2ccccc2O1)NC(C)c1cccc(N2CCCC2)c1.I. The Morgan fingerprint density at radius 1 is 1.17 bits per heavy atom. The third kappa shape index (κ3) is 5.35. The number of aliphatic imine (C=N–C) groups is 1. The van der Waals surface area contributed by atoms with Crippen molar-refractivity contribution in [1.82, 2.24) is 10.6 Å². The zero-order chi connectivity index (χ0) is 19.3. The second kappa shape index (κ2) is 10.2. The van der Waals surface area contributed by atoms with Crippen LogP contribution in [-0.4, -0.2) is 38.7 Å². The molecule has 0 radical (unpaired) electrons. The van der Waals surface area contributed by atoms with Gasteiger partial charge in [-0.2, -0.15) is 0 Å². The molecule has 0 spiro atoms. The average molecular weight is 506 g/mol. The minimum atomic E-state index is 0. The van der Waals surface area contributed by atoms with Gasteiger partial charge in [0.25, 0.3) is 0 Å². The third-order valence-electron chi connectivity index (χ3n) is 5.63. The van der Waals surface area contributed by atoms with Crippen LogP contribution in [0.3, 0.4) is 0 Å². The van der Waals surface area contributed by atoms with Crippen LogP contribution in [0.4, 0.5) is 5.69 Å². The van der Waals surface area contributed by atoms with Crippen LogP contribution in [0.15, 0.2) is 53.5 Å². The van der Waals surface area contributed by atoms with Crippen LogP contribution < -0.4 is 20.3 Å². The summed E-state index contributed by atoms with van der Waals surface area (Å²) >= 11 is 0. The lowest BCUT2D eigenvalue weighted by atomic mass is 10.1. The van der Waals surface area contributed by atoms with Gasteiger partial charge in [0.15, 0.2) is 5.96 Å². The summed E-state index contributed by atoms with van der Waals surface area (Å²) in [6.07, 6.45) is 3.67. The number of hydrogen-bond donors (Lipinski definition) is 2. The Morgan fingerprint density at radius 3 is 2.72 bits per heavy atom. The van der Waals surface area contributed by atoms with Crippen LogP contribution in [0.2, 0.25) is 0 Å². The van der Waals surface area contributed by atoms with Gasteiger partial charge in [0.1, 0.15) is 11.9 Å². The van der Waals surface area contributed by atoms with E-state index in [1.54, 1.807) is 0 Å². The van der Waals surface area contributed by atoms with Crippen molar-refractivity contribution in [2.75, 3.05) is 31.6 Å². The van der Waals surface area contributed by atoms with Crippen LogP contribution in [0.5, 0.6) is 5.75 Å². The number of anilines is 1. The maximum atomic E-state index is 6.01. The van der Waals surface area contributed by atoms with E-state index in [2.05, 4.69) is 63.8 Å². The summed E-state index contributed by atoms with van der Waals surface area (Å²) in [5.74, 6) is 1.81. The van der Waals surface area contributed by atoms with Crippen molar-refractivity contribution in [3.8, 4) is 5.75 Å². The maximum absolute atomic E-state index is 6.01. The molecular formula is C23H31IN4O. The summed E-state index contributed by atoms with van der Waals surface area (Å²) in [5, 5.41) is 6.93. The van der Waals surface area contributed by atoms with Gasteiger partial charge in [0, 0.05) is 32.2 Å². The van der Waals surface area contributed by atoms with Crippen molar-refractivity contribution in [3.05, 3.63) is 59.7 Å². The first-order valence-corrected chi connectivity index (χ1v) is 10.3. The smallest absolute Gasteiger partial charge is 0.191 e. The number of hydrogen-bond acceptors (Lipinski definition) is 3. The number of para-hydroxylation sites is 1. The third-order valence-corrected chi connectivity index (χ3v) is 5.63. The van der Waals surface area contributed by atoms with Gasteiger partial charge < -0.3 is 20.3 Å². The molecule has 2 aliphatic rings. The lowest BCUT2D eigenvalue weighted by Crippen LogP contribution is -2.43. The highest BCUT2D eigenvalue weighted by Gasteiger charge is 2.22. The number of nitrogens with one attached hydrogen (secondary N) is 2. The van der Waals surface area contributed by atoms with E-state index in [4.69, 9.17) is 4.74 Å². The van der Waals surface area contributed by atoms with Crippen molar-refractivity contribution in [3.63, 3.8) is 0 Å². The standard InChI is InChI=1S/C23H30N4O.HI/c1-17(18-9-7-10-20(14-18)27-12-5-6-13-27)26-23(24-2)25-16-21-15-19-8-3-4-11-22(19)28-21;/h3-4,7-11,14,17,21H,5-6,12-13,15-16H2,1-2H3,(H2,24,25,26);1H. The molecule has 2 aromatic carbocycles. The van der Waals surface area contributed by atoms with Gasteiger partial charge in [-0.1, -0.05) is 30.3 Å². The molecule has 0 aromatic heterocycles. The highest BCUT2D eigenvalue weighted by molar-refractivity contribution is 14.0. The summed E-state index contributed by atoms with van der Waals surface area (Å²) < 4.78 is 6.01. The average Bonchev–Trinajstić information content (AvgIpc) is 3.40. The number of ether oxygens (including phenoxy) is 1. The van der Waals surface area contributed by atoms with Crippen molar-refractivity contribution in [2.45, 2.75) is 38.3 Å². The first kappa shape index (κ1) is 21.7. The van der Waals surface area contributed by atoms with Crippen LogP contribution in [-0.2, 0) is 6.42 Å². The molecule has 1 saturated heterocycles. The molecule has 0 bridgehead atoms. The zero-order valence-electron chi connectivity index (χ0n) is 17.2. The molecule has 0 amide bonds. The van der Waals surface area contributed by atoms with Gasteiger partial charge in [-0.05, 0) is 49.1 Å². The largest absolute Gasteiger partial charge is 0.488 e. The summed E-state index contributed by atoms with van der Waals surface area (Å²) in [6.45, 7) is 5.24. The molecule has 0 saturated carbocycles. The van der Waals surface area contributed by atoms with Gasteiger partial charge in [0.2, 0.25) is 0 Å². The Kier molecular flexibility index (Phi) is 7.64. The Bertz CT molecular complexity index is 810. The quantitative estimate of drug-likeness (QED) is 0.364. The van der Waals surface area contributed by atoms with E-state index in [9.17, 15) is 0 Å². The molecule has 2 aromatic rings. The molecule has 2 atom stereocenters. The number of halogens is 1. The maximum Gasteiger partial charge on any atom is 0.191 e. The van der Waals surface area contributed by atoms with E-state index in [-0.39, 0.29) is 36.1 Å². The van der Waals surface area contributed by atoms with E-state index >= 15 is 0 Å². The van der Waals surface area contributed by atoms with E-state index < -0.39 is 0 Å². The van der Waals surface area contributed by atoms with Gasteiger partial charge in [0.05, 0.1) is 12.6 Å². The van der Waals surface area contributed by atoms with E-state index in [0.29, 0.717) is 0 Å². The Hall–Kier alpha value is -1.96. The molecule has 2 aliphatic heterocycles. The lowest BCUT2D eigenvalue weighted by molar-refractivity contribution is 0.234. The minimum Gasteiger partial charge on any atom is -0.488 e. The van der Waals surface area contributed by atoms with Crippen molar-refractivity contribution >= 4 is 35.6 Å². The Morgan fingerprint density at radius 2 is 1.97 bits per heavy atom. The van der Waals surface area contributed by atoms with E-state index in [0.717, 1.165) is 37.8 Å². The summed E-state index contributed by atoms with van der Waals surface area (Å²) in [6, 6.07) is 17.3. The fourth-order valence-corrected chi connectivity index (χ4v) is 4.03. The fraction of sp³-hybridized carbons (Fsp3) is 0.435. The second-order valence-electron chi connectivity index (χ2n) is 7.66. The highest BCUT2D eigenvalue weighted by Crippen LogP contribution is 2.28. The number of nitrogens with zero attached hydrogens (tertiary/aromatic N) is 2. The van der Waals surface area contributed by atoms with E-state index in [1.165, 1.54) is 29.7 Å². The molecule has 2 N–H and O–H groups in total. The van der Waals surface area contributed by atoms with Crippen LogP contribution in [0.1, 0.15) is 36.9 Å². The normalized spacial score (nSPS) is 19.2. The molecule has 29 heavy (non-hydrogen) atoms. The second-order valence-corrected chi connectivity index (χ2v) is 7.66. The highest BCUT2D eigenvalue weighted by atomic mass is 127. The number of guanidine groups is 1. The molecule has 2 heterocycles. The molecule has 4 rings (SSSR count). The van der Waals surface area contributed by atoms with Gasteiger partial charge in [-0.15, -0.1) is 24.0 Å². The van der Waals surface area contributed by atoms with Gasteiger partial charge >= 0.3 is 0 Å². The number of rotatable bonds is 5. The molecule has 5 nitrogen and oxygen atoms in total. The zero-order valence-corrected chi connectivity index (χ0v) is 19.6. The van der Waals surface area contributed by atoms with Crippen molar-refractivity contribution in [2.24, 2.45) is 4.99 Å². The molecular weight excluding hydrogens is 475 g/mol. The summed E-state index contributed by atoms with van der Waals surface area (Å²) in [7, 11) is 1.81. The minimum absolute atomic E-state index is 0. The fourth-order valence-electron chi connectivity index (χ4n) is 4.03. The predicted octanol–water partition coefficient (Wildman–Crippen LogP) is 4.13. The van der Waals surface area contributed by atoms with Crippen molar-refractivity contribution < 1.29 is 4.74 Å². The van der Waals surface area contributed by atoms with Crippen LogP contribution in [0, 0.1) is 0 Å². The van der Waals surface area contributed by atoms with Gasteiger partial charge in [-0.3, -0.25) is 4.99 Å². The predicted molar refractivity (Wildman–Crippen MR) is 131 cm³/mol. The number of fused-ring (bicyclic) bond motifs is 1. The van der Waals surface area contributed by atoms with Crippen LogP contribution in [0.25, 0.3) is 0 Å². The van der Waals surface area contributed by atoms with Crippen LogP contribution >= 0.6 is 24.0 Å². The summed E-state index contributed by atoms with van der Waals surface area (Å²) in [5.41, 5.74) is 3.88. The van der Waals surface area contributed by atoms with Crippen molar-refractivity contribution in [1.29, 1.82) is 0 Å². The van der Waals surface area contributed by atoms with E-state index in [1.807, 2.05) is 19.2 Å². The first-order chi connectivity index (χ1) is 13.7. The number of benzene rings is 2. The monoisotopic (exact) mass is 506 g/mol. The molecule has 156 valence electrons. The first-order valence-electron chi connectivity index (χ1n) is 10.3. The molecule has 6 heteroatoms. The molecule has 0 aliphatic carbocycles. The van der Waals surface area contributed by atoms with Gasteiger partial charge in [-0.25, -0.2) is 0 Å². The Labute approximate surface area is 191 Å². The lowest BCUT2D eigenvalue weighted by Gasteiger charge is -2.22. The molecule has 2 unspecified atom stereocenters. The topological polar surface area (TPSA) is 48.9 Å². The Balaban J connectivity index is 0.00000240. The summed E-state index contributed by atoms with van der Waals surface area (Å²) in [4.78, 5) is 6.86.